The van der Waals surface area contributed by atoms with Gasteiger partial charge in [0.1, 0.15) is 5.75 Å². The van der Waals surface area contributed by atoms with Crippen molar-refractivity contribution < 1.29 is 27.4 Å². The second-order valence-electron chi connectivity index (χ2n) is 4.29. The van der Waals surface area contributed by atoms with Crippen molar-refractivity contribution in [1.29, 1.82) is 0 Å². The van der Waals surface area contributed by atoms with E-state index >= 15 is 0 Å². The van der Waals surface area contributed by atoms with Gasteiger partial charge in [0.15, 0.2) is 0 Å². The maximum absolute atomic E-state index is 12.6. The Kier molecular flexibility index (Phi) is 7.70. The molecule has 0 saturated carbocycles. The normalized spacial score (nSPS) is 11.7. The van der Waals surface area contributed by atoms with Crippen LogP contribution in [-0.4, -0.2) is 19.2 Å². The predicted octanol–water partition coefficient (Wildman–Crippen LogP) is 4.59. The van der Waals surface area contributed by atoms with E-state index in [1.54, 1.807) is 13.0 Å². The average molecular weight is 428 g/mol. The summed E-state index contributed by atoms with van der Waals surface area (Å²) in [5.41, 5.74) is -0.731. The van der Waals surface area contributed by atoms with Crippen molar-refractivity contribution in [3.05, 3.63) is 39.5 Å². The van der Waals surface area contributed by atoms with Gasteiger partial charge in [-0.05, 0) is 60.6 Å². The minimum atomic E-state index is -4.38. The molecule has 0 aliphatic rings. The second-order valence-corrected chi connectivity index (χ2v) is 5.45. The Morgan fingerprint density at radius 2 is 2.09 bits per heavy atom. The van der Waals surface area contributed by atoms with E-state index < -0.39 is 17.7 Å². The molecule has 0 unspecified atom stereocenters. The van der Waals surface area contributed by atoms with E-state index in [0.29, 0.717) is 23.0 Å². The molecule has 0 aliphatic carbocycles. The molecule has 0 fully saturated rings. The molecule has 0 radical (unpaired) electrons. The van der Waals surface area contributed by atoms with Gasteiger partial charge in [0, 0.05) is 6.08 Å². The summed E-state index contributed by atoms with van der Waals surface area (Å²) in [6.07, 6.45) is -0.239. The van der Waals surface area contributed by atoms with Gasteiger partial charge >= 0.3 is 12.1 Å². The van der Waals surface area contributed by atoms with E-state index in [1.165, 1.54) is 12.1 Å². The first-order valence-electron chi connectivity index (χ1n) is 6.67. The Morgan fingerprint density at radius 1 is 1.36 bits per heavy atom. The topological polar surface area (TPSA) is 35.5 Å². The minimum Gasteiger partial charge on any atom is -0.492 e. The number of esters is 1. The fourth-order valence-corrected chi connectivity index (χ4v) is 2.03. The Labute approximate surface area is 140 Å². The zero-order valence-electron chi connectivity index (χ0n) is 12.0. The van der Waals surface area contributed by atoms with Crippen molar-refractivity contribution in [2.24, 2.45) is 0 Å². The van der Waals surface area contributed by atoms with Crippen LogP contribution in [0.3, 0.4) is 0 Å². The lowest BCUT2D eigenvalue weighted by atomic mass is 10.2. The number of alkyl halides is 3. The summed E-state index contributed by atoms with van der Waals surface area (Å²) in [5.74, 6) is -0.194. The fourth-order valence-electron chi connectivity index (χ4n) is 1.54. The van der Waals surface area contributed by atoms with Crippen molar-refractivity contribution in [3.63, 3.8) is 0 Å². The minimum absolute atomic E-state index is 0.213. The molecule has 122 valence electrons. The van der Waals surface area contributed by atoms with Crippen molar-refractivity contribution in [1.82, 2.24) is 0 Å². The molecule has 1 aromatic rings. The third-order valence-electron chi connectivity index (χ3n) is 2.57. The largest absolute Gasteiger partial charge is 0.492 e. The van der Waals surface area contributed by atoms with Crippen LogP contribution in [0.1, 0.15) is 25.3 Å². The van der Waals surface area contributed by atoms with Crippen LogP contribution in [0, 0.1) is 3.57 Å². The lowest BCUT2D eigenvalue weighted by Crippen LogP contribution is -2.06. The highest BCUT2D eigenvalue weighted by atomic mass is 127. The number of halogens is 4. The van der Waals surface area contributed by atoms with Gasteiger partial charge in [0.05, 0.1) is 22.3 Å². The highest BCUT2D eigenvalue weighted by Gasteiger charge is 2.31. The van der Waals surface area contributed by atoms with Crippen LogP contribution in [0.4, 0.5) is 13.2 Å². The first-order valence-corrected chi connectivity index (χ1v) is 7.75. The van der Waals surface area contributed by atoms with Gasteiger partial charge in [0.2, 0.25) is 0 Å². The summed E-state index contributed by atoms with van der Waals surface area (Å²) in [7, 11) is 0. The van der Waals surface area contributed by atoms with Crippen molar-refractivity contribution in [3.8, 4) is 5.75 Å². The molecular weight excluding hydrogens is 412 g/mol. The van der Waals surface area contributed by atoms with E-state index in [-0.39, 0.29) is 12.4 Å². The molecule has 0 atom stereocenters. The molecule has 0 spiro atoms. The number of ether oxygens (including phenoxy) is 2. The van der Waals surface area contributed by atoms with Gasteiger partial charge in [-0.2, -0.15) is 13.2 Å². The quantitative estimate of drug-likeness (QED) is 0.276. The second kappa shape index (κ2) is 9.02. The number of allylic oxidation sites excluding steroid dienone is 1. The van der Waals surface area contributed by atoms with Crippen LogP contribution in [0.25, 0.3) is 0 Å². The zero-order valence-corrected chi connectivity index (χ0v) is 14.1. The summed E-state index contributed by atoms with van der Waals surface area (Å²) in [5, 5.41) is 0. The third-order valence-corrected chi connectivity index (χ3v) is 3.46. The standard InChI is InChI=1S/C15H16F3IO3/c1-2-21-14(20)6-4-3-5-9-22-13-10-11(15(16,17)18)7-8-12(13)19/h4,6-8,10H,2-3,5,9H2,1H3. The summed E-state index contributed by atoms with van der Waals surface area (Å²) >= 11 is 1.92. The van der Waals surface area contributed by atoms with E-state index in [4.69, 9.17) is 9.47 Å². The number of hydrogen-bond acceptors (Lipinski definition) is 3. The average Bonchev–Trinajstić information content (AvgIpc) is 2.43. The van der Waals surface area contributed by atoms with E-state index in [9.17, 15) is 18.0 Å². The molecular formula is C15H16F3IO3. The summed E-state index contributed by atoms with van der Waals surface area (Å²) in [4.78, 5) is 11.0. The Bertz CT molecular complexity index is 527. The Balaban J connectivity index is 2.44. The van der Waals surface area contributed by atoms with E-state index in [1.807, 2.05) is 22.6 Å². The van der Waals surface area contributed by atoms with Gasteiger partial charge in [-0.25, -0.2) is 4.79 Å². The number of carbonyl (C=O) groups is 1. The molecule has 22 heavy (non-hydrogen) atoms. The fraction of sp³-hybridized carbons (Fsp3) is 0.400. The lowest BCUT2D eigenvalue weighted by molar-refractivity contribution is -0.138. The molecule has 7 heteroatoms. The number of hydrogen-bond donors (Lipinski definition) is 0. The van der Waals surface area contributed by atoms with E-state index in [0.717, 1.165) is 12.1 Å². The maximum atomic E-state index is 12.6. The van der Waals surface area contributed by atoms with Crippen molar-refractivity contribution >= 4 is 28.6 Å². The summed E-state index contributed by atoms with van der Waals surface area (Å²) < 4.78 is 48.5. The van der Waals surface area contributed by atoms with Gasteiger partial charge in [-0.15, -0.1) is 0 Å². The first-order chi connectivity index (χ1) is 10.3. The third kappa shape index (κ3) is 6.67. The summed E-state index contributed by atoms with van der Waals surface area (Å²) in [6.45, 7) is 2.31. The van der Waals surface area contributed by atoms with Crippen LogP contribution >= 0.6 is 22.6 Å². The number of unbranched alkanes of at least 4 members (excludes halogenated alkanes) is 1. The molecule has 0 aromatic heterocycles. The van der Waals surface area contributed by atoms with Crippen LogP contribution in [-0.2, 0) is 15.7 Å². The van der Waals surface area contributed by atoms with Crippen LogP contribution in [0.2, 0.25) is 0 Å². The van der Waals surface area contributed by atoms with Crippen molar-refractivity contribution in [2.45, 2.75) is 25.9 Å². The van der Waals surface area contributed by atoms with Crippen molar-refractivity contribution in [2.75, 3.05) is 13.2 Å². The van der Waals surface area contributed by atoms with Crippen LogP contribution < -0.4 is 4.74 Å². The van der Waals surface area contributed by atoms with Gasteiger partial charge in [-0.3, -0.25) is 0 Å². The Morgan fingerprint density at radius 3 is 2.73 bits per heavy atom. The monoisotopic (exact) mass is 428 g/mol. The molecule has 0 N–H and O–H groups in total. The molecule has 0 heterocycles. The molecule has 0 aliphatic heterocycles. The smallest absolute Gasteiger partial charge is 0.416 e. The zero-order chi connectivity index (χ0) is 16.6. The summed E-state index contributed by atoms with van der Waals surface area (Å²) in [6, 6.07) is 3.40. The number of benzene rings is 1. The lowest BCUT2D eigenvalue weighted by Gasteiger charge is -2.11. The van der Waals surface area contributed by atoms with Crippen LogP contribution in [0.5, 0.6) is 5.75 Å². The number of rotatable bonds is 7. The molecule has 1 rings (SSSR count). The van der Waals surface area contributed by atoms with E-state index in [2.05, 4.69) is 0 Å². The van der Waals surface area contributed by atoms with Gasteiger partial charge < -0.3 is 9.47 Å². The molecule has 1 aromatic carbocycles. The molecule has 0 amide bonds. The molecule has 0 saturated heterocycles. The number of carbonyl (C=O) groups excluding carboxylic acids is 1. The van der Waals surface area contributed by atoms with Gasteiger partial charge in [0.25, 0.3) is 0 Å². The Hall–Kier alpha value is -1.25. The molecule has 0 bridgehead atoms. The highest BCUT2D eigenvalue weighted by Crippen LogP contribution is 2.33. The highest BCUT2D eigenvalue weighted by molar-refractivity contribution is 14.1. The SMILES string of the molecule is CCOC(=O)C=CCCCOc1cc(C(F)(F)F)ccc1I. The maximum Gasteiger partial charge on any atom is 0.416 e. The molecule has 3 nitrogen and oxygen atoms in total. The first kappa shape index (κ1) is 18.8. The van der Waals surface area contributed by atoms with Gasteiger partial charge in [-0.1, -0.05) is 6.08 Å². The predicted molar refractivity (Wildman–Crippen MR) is 84.7 cm³/mol. The van der Waals surface area contributed by atoms with Crippen LogP contribution in [0.15, 0.2) is 30.4 Å².